The lowest BCUT2D eigenvalue weighted by Gasteiger charge is -2.50. The molecule has 2 saturated carbocycles. The van der Waals surface area contributed by atoms with Crippen LogP contribution in [0.3, 0.4) is 0 Å². The van der Waals surface area contributed by atoms with Crippen molar-refractivity contribution in [1.29, 1.82) is 0 Å². The second-order valence-electron chi connectivity index (χ2n) is 8.25. The minimum atomic E-state index is -0.0891. The quantitative estimate of drug-likeness (QED) is 0.832. The van der Waals surface area contributed by atoms with Crippen molar-refractivity contribution in [3.8, 4) is 0 Å². The molecule has 0 radical (unpaired) electrons. The Kier molecular flexibility index (Phi) is 4.16. The van der Waals surface area contributed by atoms with Gasteiger partial charge in [-0.25, -0.2) is 0 Å². The maximum absolute atomic E-state index is 11.2. The summed E-state index contributed by atoms with van der Waals surface area (Å²) in [5.41, 5.74) is 0.392. The van der Waals surface area contributed by atoms with Crippen LogP contribution in [0.25, 0.3) is 0 Å². The van der Waals surface area contributed by atoms with Gasteiger partial charge in [-0.3, -0.25) is 0 Å². The Morgan fingerprint density at radius 3 is 2.35 bits per heavy atom. The number of aliphatic hydroxyl groups excluding tert-OH is 1. The van der Waals surface area contributed by atoms with Gasteiger partial charge in [0.1, 0.15) is 0 Å². The molecular weight excluding hydrogens is 248 g/mol. The number of hydrogen-bond acceptors (Lipinski definition) is 2. The summed E-state index contributed by atoms with van der Waals surface area (Å²) in [6, 6.07) is 0. The minimum absolute atomic E-state index is 0.0891. The molecule has 1 heterocycles. The van der Waals surface area contributed by atoms with E-state index in [0.717, 1.165) is 19.4 Å². The highest BCUT2D eigenvalue weighted by Gasteiger charge is 2.49. The fraction of sp³-hybridized carbons (Fsp3) is 1.00. The third-order valence-electron chi connectivity index (χ3n) is 6.28. The molecule has 3 rings (SSSR count). The summed E-state index contributed by atoms with van der Waals surface area (Å²) in [5, 5.41) is 11.2. The van der Waals surface area contributed by atoms with E-state index in [9.17, 15) is 5.11 Å². The van der Waals surface area contributed by atoms with E-state index >= 15 is 0 Å². The first-order chi connectivity index (χ1) is 9.55. The van der Waals surface area contributed by atoms with E-state index in [-0.39, 0.29) is 17.1 Å². The van der Waals surface area contributed by atoms with E-state index in [0.29, 0.717) is 11.8 Å². The number of aliphatic hydroxyl groups is 1. The zero-order valence-corrected chi connectivity index (χ0v) is 13.4. The van der Waals surface area contributed by atoms with Crippen LogP contribution >= 0.6 is 0 Å². The average Bonchev–Trinajstić information content (AvgIpc) is 2.85. The van der Waals surface area contributed by atoms with E-state index in [1.54, 1.807) is 0 Å². The first-order valence-corrected chi connectivity index (χ1v) is 8.87. The lowest BCUT2D eigenvalue weighted by molar-refractivity contribution is -0.170. The molecule has 2 atom stereocenters. The molecule has 0 bridgehead atoms. The lowest BCUT2D eigenvalue weighted by atomic mass is 9.64. The van der Waals surface area contributed by atoms with Gasteiger partial charge in [0, 0.05) is 6.61 Å². The van der Waals surface area contributed by atoms with Crippen molar-refractivity contribution in [3.05, 3.63) is 0 Å². The Morgan fingerprint density at radius 2 is 1.80 bits per heavy atom. The van der Waals surface area contributed by atoms with Crippen LogP contribution in [0.5, 0.6) is 0 Å². The van der Waals surface area contributed by atoms with Crippen molar-refractivity contribution < 1.29 is 9.84 Å². The zero-order valence-electron chi connectivity index (χ0n) is 13.4. The van der Waals surface area contributed by atoms with Crippen LogP contribution in [0.4, 0.5) is 0 Å². The van der Waals surface area contributed by atoms with Crippen molar-refractivity contribution in [2.24, 2.45) is 17.3 Å². The van der Waals surface area contributed by atoms with Gasteiger partial charge in [0.15, 0.2) is 0 Å². The molecule has 2 aliphatic carbocycles. The van der Waals surface area contributed by atoms with Crippen LogP contribution in [0, 0.1) is 17.3 Å². The van der Waals surface area contributed by atoms with Gasteiger partial charge in [0.25, 0.3) is 0 Å². The maximum atomic E-state index is 11.2. The second-order valence-corrected chi connectivity index (χ2v) is 8.25. The van der Waals surface area contributed by atoms with E-state index < -0.39 is 0 Å². The predicted molar refractivity (Wildman–Crippen MR) is 81.6 cm³/mol. The highest BCUT2D eigenvalue weighted by atomic mass is 16.5. The van der Waals surface area contributed by atoms with Gasteiger partial charge in [-0.15, -0.1) is 0 Å². The zero-order chi connectivity index (χ0) is 14.2. The van der Waals surface area contributed by atoms with Gasteiger partial charge in [-0.2, -0.15) is 0 Å². The highest BCUT2D eigenvalue weighted by molar-refractivity contribution is 5.00. The Bertz CT molecular complexity index is 326. The molecular formula is C18H32O2. The monoisotopic (exact) mass is 280 g/mol. The minimum Gasteiger partial charge on any atom is -0.392 e. The molecule has 1 N–H and O–H groups in total. The van der Waals surface area contributed by atoms with Crippen LogP contribution in [-0.4, -0.2) is 23.4 Å². The van der Waals surface area contributed by atoms with E-state index in [1.165, 1.54) is 51.4 Å². The van der Waals surface area contributed by atoms with Gasteiger partial charge in [-0.1, -0.05) is 26.7 Å². The fourth-order valence-electron chi connectivity index (χ4n) is 5.27. The van der Waals surface area contributed by atoms with Crippen molar-refractivity contribution >= 4 is 0 Å². The van der Waals surface area contributed by atoms with Crippen molar-refractivity contribution in [2.45, 2.75) is 89.8 Å². The van der Waals surface area contributed by atoms with Gasteiger partial charge < -0.3 is 9.84 Å². The Hall–Kier alpha value is -0.0800. The third kappa shape index (κ3) is 2.66. The molecule has 0 aromatic rings. The maximum Gasteiger partial charge on any atom is 0.0686 e. The number of ether oxygens (including phenoxy) is 1. The predicted octanol–water partition coefficient (Wildman–Crippen LogP) is 4.30. The molecule has 1 saturated heterocycles. The first kappa shape index (κ1) is 14.8. The average molecular weight is 280 g/mol. The summed E-state index contributed by atoms with van der Waals surface area (Å²) in [6.07, 6.45) is 12.2. The summed E-state index contributed by atoms with van der Waals surface area (Å²) >= 11 is 0. The molecule has 3 fully saturated rings. The van der Waals surface area contributed by atoms with Crippen molar-refractivity contribution in [2.75, 3.05) is 6.61 Å². The molecule has 2 unspecified atom stereocenters. The van der Waals surface area contributed by atoms with Crippen LogP contribution in [-0.2, 0) is 4.74 Å². The number of rotatable bonds is 4. The first-order valence-electron chi connectivity index (χ1n) is 8.87. The van der Waals surface area contributed by atoms with Gasteiger partial charge >= 0.3 is 0 Å². The van der Waals surface area contributed by atoms with Crippen LogP contribution in [0.1, 0.15) is 78.1 Å². The van der Waals surface area contributed by atoms with Gasteiger partial charge in [-0.05, 0) is 68.6 Å². The van der Waals surface area contributed by atoms with E-state index in [2.05, 4.69) is 13.8 Å². The molecule has 1 spiro atoms. The summed E-state index contributed by atoms with van der Waals surface area (Å²) in [4.78, 5) is 0. The van der Waals surface area contributed by atoms with Crippen LogP contribution in [0.15, 0.2) is 0 Å². The normalized spacial score (nSPS) is 33.3. The molecule has 2 heteroatoms. The van der Waals surface area contributed by atoms with E-state index in [4.69, 9.17) is 4.74 Å². The number of hydrogen-bond donors (Lipinski definition) is 1. The largest absolute Gasteiger partial charge is 0.392 e. The Morgan fingerprint density at radius 1 is 1.10 bits per heavy atom. The molecule has 20 heavy (non-hydrogen) atoms. The highest BCUT2D eigenvalue weighted by Crippen LogP contribution is 2.52. The van der Waals surface area contributed by atoms with Gasteiger partial charge in [0.05, 0.1) is 11.7 Å². The molecule has 0 amide bonds. The van der Waals surface area contributed by atoms with Crippen molar-refractivity contribution in [3.63, 3.8) is 0 Å². The topological polar surface area (TPSA) is 29.5 Å². The van der Waals surface area contributed by atoms with Crippen LogP contribution in [0.2, 0.25) is 0 Å². The van der Waals surface area contributed by atoms with Crippen molar-refractivity contribution in [1.82, 2.24) is 0 Å². The summed E-state index contributed by atoms with van der Waals surface area (Å²) in [7, 11) is 0. The summed E-state index contributed by atoms with van der Waals surface area (Å²) in [6.45, 7) is 5.49. The Labute approximate surface area is 124 Å². The molecule has 116 valence electrons. The smallest absolute Gasteiger partial charge is 0.0686 e. The molecule has 2 nitrogen and oxygen atoms in total. The summed E-state index contributed by atoms with van der Waals surface area (Å²) < 4.78 is 6.05. The Balaban J connectivity index is 1.70. The summed E-state index contributed by atoms with van der Waals surface area (Å²) in [5.74, 6) is 1.18. The molecule has 1 aliphatic heterocycles. The fourth-order valence-corrected chi connectivity index (χ4v) is 5.27. The SMILES string of the molecule is CC(C)CC1(C(O)C2CCOC3(CCC3)C2)CCCC1. The molecule has 3 aliphatic rings. The lowest BCUT2D eigenvalue weighted by Crippen LogP contribution is -2.50. The van der Waals surface area contributed by atoms with E-state index in [1.807, 2.05) is 0 Å². The second kappa shape index (κ2) is 5.61. The molecule has 0 aromatic carbocycles. The van der Waals surface area contributed by atoms with Crippen LogP contribution < -0.4 is 0 Å². The standard InChI is InChI=1S/C18H32O2/c1-14(2)12-17(7-3-4-8-17)16(19)15-6-11-20-18(13-15)9-5-10-18/h14-16,19H,3-13H2,1-2H3. The molecule has 0 aromatic heterocycles. The van der Waals surface area contributed by atoms with Gasteiger partial charge in [0.2, 0.25) is 0 Å². The third-order valence-corrected chi connectivity index (χ3v) is 6.28.